The molecular weight excluding hydrogens is 356 g/mol. The minimum atomic E-state index is -0.466. The predicted molar refractivity (Wildman–Crippen MR) is 106 cm³/mol. The van der Waals surface area contributed by atoms with Gasteiger partial charge in [0, 0.05) is 11.1 Å². The number of aryl methyl sites for hydroxylation is 2. The molecule has 1 aromatic heterocycles. The molecule has 3 rings (SSSR count). The van der Waals surface area contributed by atoms with E-state index in [-0.39, 0.29) is 6.61 Å². The number of hydrogen-bond acceptors (Lipinski definition) is 4. The molecule has 144 valence electrons. The Morgan fingerprint density at radius 2 is 1.57 bits per heavy atom. The molecule has 0 radical (unpaired) electrons. The Bertz CT molecular complexity index is 993. The normalized spacial score (nSPS) is 10.4. The van der Waals surface area contributed by atoms with Gasteiger partial charge in [-0.05, 0) is 32.4 Å². The number of para-hydroxylation sites is 1. The molecule has 3 aromatic rings. The van der Waals surface area contributed by atoms with E-state index in [0.29, 0.717) is 22.8 Å². The number of ether oxygens (including phenoxy) is 1. The number of furan rings is 1. The third-order valence-electron chi connectivity index (χ3n) is 4.43. The molecule has 0 fully saturated rings. The Balaban J connectivity index is 1.59. The van der Waals surface area contributed by atoms with E-state index in [0.717, 1.165) is 16.7 Å². The van der Waals surface area contributed by atoms with Gasteiger partial charge in [0.15, 0.2) is 6.61 Å². The molecule has 0 saturated carbocycles. The number of hydrogen-bond donors (Lipinski definition) is 2. The van der Waals surface area contributed by atoms with Crippen LogP contribution in [0.15, 0.2) is 59.0 Å². The molecule has 0 spiro atoms. The topological polar surface area (TPSA) is 80.6 Å². The second-order valence-electron chi connectivity index (χ2n) is 6.37. The second-order valence-corrected chi connectivity index (χ2v) is 6.37. The lowest BCUT2D eigenvalue weighted by molar-refractivity contribution is -0.123. The fraction of sp³-hybridized carbons (Fsp3) is 0.182. The number of carbonyl (C=O) groups is 2. The van der Waals surface area contributed by atoms with Gasteiger partial charge in [-0.15, -0.1) is 0 Å². The van der Waals surface area contributed by atoms with Crippen molar-refractivity contribution in [1.29, 1.82) is 0 Å². The standard InChI is InChI=1S/C22H22N2O4/c1-14-15(2)28-16(3)21(14)22(26)24-23-20(25)13-27-19-12-8-7-11-18(19)17-9-5-4-6-10-17/h4-12H,13H2,1-3H3,(H,23,25)(H,24,26). The first kappa shape index (κ1) is 19.2. The first-order chi connectivity index (χ1) is 13.5. The molecule has 0 saturated heterocycles. The zero-order chi connectivity index (χ0) is 20.1. The van der Waals surface area contributed by atoms with Crippen LogP contribution in [0.4, 0.5) is 0 Å². The second kappa shape index (κ2) is 8.43. The zero-order valence-corrected chi connectivity index (χ0v) is 16.0. The van der Waals surface area contributed by atoms with Crippen molar-refractivity contribution < 1.29 is 18.7 Å². The molecule has 2 N–H and O–H groups in total. The van der Waals surface area contributed by atoms with Crippen molar-refractivity contribution in [3.8, 4) is 16.9 Å². The minimum absolute atomic E-state index is 0.230. The summed E-state index contributed by atoms with van der Waals surface area (Å²) >= 11 is 0. The van der Waals surface area contributed by atoms with Crippen molar-refractivity contribution in [3.63, 3.8) is 0 Å². The van der Waals surface area contributed by atoms with Crippen LogP contribution < -0.4 is 15.6 Å². The van der Waals surface area contributed by atoms with Gasteiger partial charge in [-0.1, -0.05) is 48.5 Å². The Morgan fingerprint density at radius 1 is 0.893 bits per heavy atom. The molecule has 6 nitrogen and oxygen atoms in total. The van der Waals surface area contributed by atoms with E-state index in [4.69, 9.17) is 9.15 Å². The van der Waals surface area contributed by atoms with Crippen molar-refractivity contribution in [1.82, 2.24) is 10.9 Å². The molecular formula is C22H22N2O4. The van der Waals surface area contributed by atoms with Crippen LogP contribution >= 0.6 is 0 Å². The molecule has 6 heteroatoms. The fourth-order valence-electron chi connectivity index (χ4n) is 2.94. The molecule has 1 heterocycles. The summed E-state index contributed by atoms with van der Waals surface area (Å²) in [7, 11) is 0. The van der Waals surface area contributed by atoms with Crippen molar-refractivity contribution in [2.24, 2.45) is 0 Å². The Morgan fingerprint density at radius 3 is 2.25 bits per heavy atom. The quantitative estimate of drug-likeness (QED) is 0.663. The predicted octanol–water partition coefficient (Wildman–Crippen LogP) is 3.71. The molecule has 0 atom stereocenters. The first-order valence-electron chi connectivity index (χ1n) is 8.90. The fourth-order valence-corrected chi connectivity index (χ4v) is 2.94. The van der Waals surface area contributed by atoms with Crippen LogP contribution in [0.3, 0.4) is 0 Å². The zero-order valence-electron chi connectivity index (χ0n) is 16.0. The maximum atomic E-state index is 12.3. The lowest BCUT2D eigenvalue weighted by atomic mass is 10.1. The van der Waals surface area contributed by atoms with Crippen LogP contribution in [0.25, 0.3) is 11.1 Å². The van der Waals surface area contributed by atoms with Crippen molar-refractivity contribution >= 4 is 11.8 Å². The van der Waals surface area contributed by atoms with Gasteiger partial charge >= 0.3 is 0 Å². The summed E-state index contributed by atoms with van der Waals surface area (Å²) in [5.41, 5.74) is 7.82. The monoisotopic (exact) mass is 378 g/mol. The average Bonchev–Trinajstić information content (AvgIpc) is 2.97. The van der Waals surface area contributed by atoms with Gasteiger partial charge in [0.2, 0.25) is 0 Å². The van der Waals surface area contributed by atoms with Gasteiger partial charge in [-0.3, -0.25) is 20.4 Å². The summed E-state index contributed by atoms with van der Waals surface area (Å²) < 4.78 is 11.1. The number of benzene rings is 2. The highest BCUT2D eigenvalue weighted by Gasteiger charge is 2.19. The summed E-state index contributed by atoms with van der Waals surface area (Å²) in [4.78, 5) is 24.4. The van der Waals surface area contributed by atoms with Crippen LogP contribution in [0, 0.1) is 20.8 Å². The number of amides is 2. The maximum absolute atomic E-state index is 12.3. The van der Waals surface area contributed by atoms with E-state index in [1.807, 2.05) is 48.5 Å². The Hall–Kier alpha value is -3.54. The van der Waals surface area contributed by atoms with Gasteiger partial charge in [0.05, 0.1) is 5.56 Å². The van der Waals surface area contributed by atoms with E-state index >= 15 is 0 Å². The van der Waals surface area contributed by atoms with E-state index in [2.05, 4.69) is 10.9 Å². The van der Waals surface area contributed by atoms with E-state index in [1.165, 1.54) is 0 Å². The van der Waals surface area contributed by atoms with Gasteiger partial charge < -0.3 is 9.15 Å². The summed E-state index contributed by atoms with van der Waals surface area (Å²) in [5.74, 6) is 0.883. The minimum Gasteiger partial charge on any atom is -0.483 e. The van der Waals surface area contributed by atoms with Crippen LogP contribution in [-0.2, 0) is 4.79 Å². The number of rotatable bonds is 5. The van der Waals surface area contributed by atoms with Crippen molar-refractivity contribution in [2.45, 2.75) is 20.8 Å². The van der Waals surface area contributed by atoms with Crippen LogP contribution in [0.2, 0.25) is 0 Å². The Labute approximate surface area is 163 Å². The van der Waals surface area contributed by atoms with E-state index in [9.17, 15) is 9.59 Å². The highest BCUT2D eigenvalue weighted by atomic mass is 16.5. The first-order valence-corrected chi connectivity index (χ1v) is 8.90. The largest absolute Gasteiger partial charge is 0.483 e. The maximum Gasteiger partial charge on any atom is 0.276 e. The average molecular weight is 378 g/mol. The van der Waals surface area contributed by atoms with Crippen molar-refractivity contribution in [2.75, 3.05) is 6.61 Å². The van der Waals surface area contributed by atoms with E-state index < -0.39 is 11.8 Å². The van der Waals surface area contributed by atoms with Crippen molar-refractivity contribution in [3.05, 3.63) is 77.2 Å². The molecule has 0 bridgehead atoms. The third kappa shape index (κ3) is 4.23. The van der Waals surface area contributed by atoms with Crippen LogP contribution in [-0.4, -0.2) is 18.4 Å². The summed E-state index contributed by atoms with van der Waals surface area (Å²) in [6.45, 7) is 5.06. The van der Waals surface area contributed by atoms with Gasteiger partial charge in [-0.2, -0.15) is 0 Å². The molecule has 0 aliphatic rings. The summed E-state index contributed by atoms with van der Waals surface area (Å²) in [5, 5.41) is 0. The highest BCUT2D eigenvalue weighted by molar-refractivity contribution is 5.97. The summed E-state index contributed by atoms with van der Waals surface area (Å²) in [6.07, 6.45) is 0. The Kier molecular flexibility index (Phi) is 5.79. The highest BCUT2D eigenvalue weighted by Crippen LogP contribution is 2.29. The molecule has 0 unspecified atom stereocenters. The number of carbonyl (C=O) groups excluding carboxylic acids is 2. The molecule has 2 amide bonds. The van der Waals surface area contributed by atoms with Crippen LogP contribution in [0.1, 0.15) is 27.4 Å². The molecule has 0 aliphatic carbocycles. The number of hydrazine groups is 1. The van der Waals surface area contributed by atoms with Gasteiger partial charge in [-0.25, -0.2) is 0 Å². The van der Waals surface area contributed by atoms with Gasteiger partial charge in [0.1, 0.15) is 17.3 Å². The lowest BCUT2D eigenvalue weighted by Gasteiger charge is -2.12. The molecule has 28 heavy (non-hydrogen) atoms. The third-order valence-corrected chi connectivity index (χ3v) is 4.43. The van der Waals surface area contributed by atoms with Crippen LogP contribution in [0.5, 0.6) is 5.75 Å². The number of nitrogens with one attached hydrogen (secondary N) is 2. The molecule has 0 aliphatic heterocycles. The lowest BCUT2D eigenvalue weighted by Crippen LogP contribution is -2.44. The van der Waals surface area contributed by atoms with Gasteiger partial charge in [0.25, 0.3) is 11.8 Å². The SMILES string of the molecule is Cc1oc(C)c(C(=O)NNC(=O)COc2ccccc2-c2ccccc2)c1C. The summed E-state index contributed by atoms with van der Waals surface area (Å²) in [6, 6.07) is 17.2. The molecule has 2 aromatic carbocycles. The van der Waals surface area contributed by atoms with E-state index in [1.54, 1.807) is 26.8 Å². The smallest absolute Gasteiger partial charge is 0.276 e.